The van der Waals surface area contributed by atoms with Crippen LogP contribution in [0.3, 0.4) is 0 Å². The van der Waals surface area contributed by atoms with Crippen LogP contribution < -0.4 is 10.6 Å². The molecule has 3 N–H and O–H groups in total. The Labute approximate surface area is 114 Å². The molecule has 2 amide bonds. The van der Waals surface area contributed by atoms with E-state index in [1.807, 2.05) is 13.8 Å². The van der Waals surface area contributed by atoms with E-state index in [1.165, 1.54) is 0 Å². The lowest BCUT2D eigenvalue weighted by molar-refractivity contribution is -0.140. The fourth-order valence-electron chi connectivity index (χ4n) is 1.36. The van der Waals surface area contributed by atoms with Crippen molar-refractivity contribution in [3.8, 4) is 0 Å². The third-order valence-electron chi connectivity index (χ3n) is 2.65. The number of aliphatic carboxylic acids is 1. The molecule has 19 heavy (non-hydrogen) atoms. The quantitative estimate of drug-likeness (QED) is 0.437. The monoisotopic (exact) mass is 272 g/mol. The highest BCUT2D eigenvalue weighted by molar-refractivity contribution is 5.82. The van der Waals surface area contributed by atoms with Gasteiger partial charge in [0.05, 0.1) is 13.2 Å². The highest BCUT2D eigenvalue weighted by Crippen LogP contribution is 2.07. The zero-order valence-electron chi connectivity index (χ0n) is 11.9. The summed E-state index contributed by atoms with van der Waals surface area (Å²) in [5.41, 5.74) is 0.909. The summed E-state index contributed by atoms with van der Waals surface area (Å²) in [7, 11) is 0. The molecular weight excluding hydrogens is 248 g/mol. The Morgan fingerprint density at radius 1 is 1.42 bits per heavy atom. The maximum Gasteiger partial charge on any atom is 0.326 e. The molecule has 0 aliphatic carbocycles. The van der Waals surface area contributed by atoms with Gasteiger partial charge in [-0.25, -0.2) is 9.59 Å². The predicted molar refractivity (Wildman–Crippen MR) is 73.0 cm³/mol. The molecule has 0 bridgehead atoms. The van der Waals surface area contributed by atoms with Crippen molar-refractivity contribution in [2.45, 2.75) is 33.2 Å². The second kappa shape index (κ2) is 9.38. The van der Waals surface area contributed by atoms with Gasteiger partial charge >= 0.3 is 12.0 Å². The van der Waals surface area contributed by atoms with E-state index in [-0.39, 0.29) is 5.92 Å². The van der Waals surface area contributed by atoms with Crippen molar-refractivity contribution in [2.24, 2.45) is 5.92 Å². The first-order chi connectivity index (χ1) is 8.88. The number of nitrogens with one attached hydrogen (secondary N) is 2. The molecule has 0 rings (SSSR count). The first-order valence-corrected chi connectivity index (χ1v) is 6.37. The van der Waals surface area contributed by atoms with Crippen LogP contribution in [0.15, 0.2) is 12.2 Å². The molecule has 0 radical (unpaired) electrons. The van der Waals surface area contributed by atoms with Crippen LogP contribution in [-0.4, -0.2) is 42.9 Å². The van der Waals surface area contributed by atoms with Gasteiger partial charge in [-0.15, -0.1) is 0 Å². The van der Waals surface area contributed by atoms with Crippen molar-refractivity contribution in [1.82, 2.24) is 10.6 Å². The third kappa shape index (κ3) is 8.20. The Morgan fingerprint density at radius 3 is 2.53 bits per heavy atom. The second-order valence-electron chi connectivity index (χ2n) is 4.61. The van der Waals surface area contributed by atoms with Gasteiger partial charge in [0.25, 0.3) is 0 Å². The van der Waals surface area contributed by atoms with Crippen LogP contribution in [-0.2, 0) is 9.53 Å². The number of rotatable bonds is 9. The molecule has 0 aromatic carbocycles. The number of carbonyl (C=O) groups excluding carboxylic acids is 1. The SMILES string of the molecule is C=C(C)COCCNC(=O)NC(C(=O)O)C(C)CC. The number of urea groups is 1. The molecule has 0 aliphatic heterocycles. The van der Waals surface area contributed by atoms with Gasteiger partial charge in [-0.2, -0.15) is 0 Å². The average molecular weight is 272 g/mol. The van der Waals surface area contributed by atoms with E-state index in [0.29, 0.717) is 26.2 Å². The van der Waals surface area contributed by atoms with Gasteiger partial charge in [0.15, 0.2) is 0 Å². The molecule has 2 atom stereocenters. The van der Waals surface area contributed by atoms with Crippen LogP contribution in [0.25, 0.3) is 0 Å². The fourth-order valence-corrected chi connectivity index (χ4v) is 1.36. The molecule has 0 aromatic heterocycles. The molecule has 0 saturated heterocycles. The summed E-state index contributed by atoms with van der Waals surface area (Å²) in [6.45, 7) is 10.3. The molecule has 2 unspecified atom stereocenters. The molecule has 0 aromatic rings. The Morgan fingerprint density at radius 2 is 2.05 bits per heavy atom. The van der Waals surface area contributed by atoms with Crippen LogP contribution in [0.1, 0.15) is 27.2 Å². The van der Waals surface area contributed by atoms with Gasteiger partial charge in [-0.3, -0.25) is 0 Å². The van der Waals surface area contributed by atoms with Gasteiger partial charge in [0, 0.05) is 6.54 Å². The second-order valence-corrected chi connectivity index (χ2v) is 4.61. The topological polar surface area (TPSA) is 87.7 Å². The zero-order chi connectivity index (χ0) is 14.8. The molecule has 0 fully saturated rings. The van der Waals surface area contributed by atoms with Crippen molar-refractivity contribution in [3.63, 3.8) is 0 Å². The van der Waals surface area contributed by atoms with E-state index in [2.05, 4.69) is 17.2 Å². The van der Waals surface area contributed by atoms with E-state index >= 15 is 0 Å². The van der Waals surface area contributed by atoms with Gasteiger partial charge in [-0.1, -0.05) is 32.4 Å². The predicted octanol–water partition coefficient (Wildman–Crippen LogP) is 1.38. The highest BCUT2D eigenvalue weighted by atomic mass is 16.5. The van der Waals surface area contributed by atoms with Crippen molar-refractivity contribution in [2.75, 3.05) is 19.8 Å². The normalized spacial score (nSPS) is 13.4. The average Bonchev–Trinajstić information content (AvgIpc) is 2.33. The van der Waals surface area contributed by atoms with Crippen LogP contribution >= 0.6 is 0 Å². The molecule has 110 valence electrons. The minimum Gasteiger partial charge on any atom is -0.480 e. The summed E-state index contributed by atoms with van der Waals surface area (Å²) in [5, 5.41) is 14.0. The first kappa shape index (κ1) is 17.4. The summed E-state index contributed by atoms with van der Waals surface area (Å²) < 4.78 is 5.21. The highest BCUT2D eigenvalue weighted by Gasteiger charge is 2.24. The van der Waals surface area contributed by atoms with Crippen molar-refractivity contribution in [3.05, 3.63) is 12.2 Å². The van der Waals surface area contributed by atoms with Crippen molar-refractivity contribution in [1.29, 1.82) is 0 Å². The van der Waals surface area contributed by atoms with Gasteiger partial charge in [-0.05, 0) is 12.8 Å². The molecule has 6 nitrogen and oxygen atoms in total. The van der Waals surface area contributed by atoms with E-state index in [4.69, 9.17) is 9.84 Å². The minimum atomic E-state index is -1.02. The van der Waals surface area contributed by atoms with Crippen molar-refractivity contribution < 1.29 is 19.4 Å². The lowest BCUT2D eigenvalue weighted by Crippen LogP contribution is -2.49. The van der Waals surface area contributed by atoms with Crippen molar-refractivity contribution >= 4 is 12.0 Å². The molecular formula is C13H24N2O4. The number of carboxylic acids is 1. The molecule has 0 spiro atoms. The largest absolute Gasteiger partial charge is 0.480 e. The van der Waals surface area contributed by atoms with Crippen LogP contribution in [0.2, 0.25) is 0 Å². The number of hydrogen-bond donors (Lipinski definition) is 3. The summed E-state index contributed by atoms with van der Waals surface area (Å²) in [4.78, 5) is 22.5. The molecule has 0 saturated carbocycles. The Kier molecular flexibility index (Phi) is 8.61. The number of carbonyl (C=O) groups is 2. The third-order valence-corrected chi connectivity index (χ3v) is 2.65. The summed E-state index contributed by atoms with van der Waals surface area (Å²) in [6, 6.07) is -1.37. The van der Waals surface area contributed by atoms with Gasteiger partial charge in [0.2, 0.25) is 0 Å². The molecule has 0 aliphatic rings. The number of carboxylic acid groups (broad SMARTS) is 1. The maximum atomic E-state index is 11.5. The van der Waals surface area contributed by atoms with Crippen LogP contribution in [0, 0.1) is 5.92 Å². The minimum absolute atomic E-state index is 0.122. The van der Waals surface area contributed by atoms with Crippen LogP contribution in [0.4, 0.5) is 4.79 Å². The number of ether oxygens (including phenoxy) is 1. The standard InChI is InChI=1S/C13H24N2O4/c1-5-10(4)11(12(16)17)15-13(18)14-6-7-19-8-9(2)3/h10-11H,2,5-8H2,1,3-4H3,(H,16,17)(H2,14,15,18). The number of amides is 2. The summed E-state index contributed by atoms with van der Waals surface area (Å²) in [5.74, 6) is -1.15. The zero-order valence-corrected chi connectivity index (χ0v) is 11.9. The Balaban J connectivity index is 3.94. The van der Waals surface area contributed by atoms with E-state index < -0.39 is 18.0 Å². The fraction of sp³-hybridized carbons (Fsp3) is 0.692. The van der Waals surface area contributed by atoms with Gasteiger partial charge < -0.3 is 20.5 Å². The Bertz CT molecular complexity index is 318. The van der Waals surface area contributed by atoms with Gasteiger partial charge in [0.1, 0.15) is 6.04 Å². The maximum absolute atomic E-state index is 11.5. The Hall–Kier alpha value is -1.56. The lowest BCUT2D eigenvalue weighted by Gasteiger charge is -2.20. The number of hydrogen-bond acceptors (Lipinski definition) is 3. The molecule has 0 heterocycles. The molecule has 6 heteroatoms. The van der Waals surface area contributed by atoms with Crippen LogP contribution in [0.5, 0.6) is 0 Å². The summed E-state index contributed by atoms with van der Waals surface area (Å²) >= 11 is 0. The lowest BCUT2D eigenvalue weighted by atomic mass is 9.99. The van der Waals surface area contributed by atoms with E-state index in [0.717, 1.165) is 5.57 Å². The first-order valence-electron chi connectivity index (χ1n) is 6.37. The smallest absolute Gasteiger partial charge is 0.326 e. The summed E-state index contributed by atoms with van der Waals surface area (Å²) in [6.07, 6.45) is 0.680. The van der Waals surface area contributed by atoms with E-state index in [9.17, 15) is 9.59 Å². The van der Waals surface area contributed by atoms with E-state index in [1.54, 1.807) is 6.92 Å².